The molecule has 0 unspecified atom stereocenters. The summed E-state index contributed by atoms with van der Waals surface area (Å²) in [5, 5.41) is 5.73. The summed E-state index contributed by atoms with van der Waals surface area (Å²) in [6.45, 7) is 1.78. The van der Waals surface area contributed by atoms with Crippen molar-refractivity contribution >= 4 is 46.0 Å². The van der Waals surface area contributed by atoms with Crippen LogP contribution in [-0.2, 0) is 9.59 Å². The van der Waals surface area contributed by atoms with E-state index in [2.05, 4.69) is 19.4 Å². The third-order valence-corrected chi connectivity index (χ3v) is 5.24. The molecule has 27 heavy (non-hydrogen) atoms. The number of fused-ring (bicyclic) bond motifs is 2. The van der Waals surface area contributed by atoms with Crippen LogP contribution in [0.4, 0.5) is 11.4 Å². The number of nitrogens with one attached hydrogen (secondary N) is 2. The third kappa shape index (κ3) is 3.12. The van der Waals surface area contributed by atoms with Gasteiger partial charge < -0.3 is 15.4 Å². The van der Waals surface area contributed by atoms with Gasteiger partial charge in [0.1, 0.15) is 16.8 Å². The highest BCUT2D eigenvalue weighted by Gasteiger charge is 2.30. The van der Waals surface area contributed by atoms with Gasteiger partial charge in [-0.2, -0.15) is 8.75 Å². The molecule has 0 saturated carbocycles. The maximum Gasteiger partial charge on any atom is 0.225 e. The smallest absolute Gasteiger partial charge is 0.225 e. The van der Waals surface area contributed by atoms with Crippen LogP contribution < -0.4 is 15.4 Å². The molecule has 0 spiro atoms. The summed E-state index contributed by atoms with van der Waals surface area (Å²) in [6, 6.07) is 9.46. The van der Waals surface area contributed by atoms with E-state index in [9.17, 15) is 9.59 Å². The van der Waals surface area contributed by atoms with E-state index in [0.717, 1.165) is 33.9 Å². The van der Waals surface area contributed by atoms with Crippen LogP contribution in [0.15, 0.2) is 30.3 Å². The molecule has 2 heterocycles. The van der Waals surface area contributed by atoms with Gasteiger partial charge in [-0.15, -0.1) is 0 Å². The standard InChI is InChI=1S/C19H18N4O3S/c1-3-17(24)21-15-9-14-12(7-16(15)26-2)11(8-18(25)20-14)10-5-4-6-13-19(10)23-27-22-13/h4-7,9,11H,3,8H2,1-2H3,(H,20,25)(H,21,24)/t11-/m1/s1. The van der Waals surface area contributed by atoms with Gasteiger partial charge in [0.05, 0.1) is 24.5 Å². The fraction of sp³-hybridized carbons (Fsp3) is 0.263. The fourth-order valence-electron chi connectivity index (χ4n) is 3.38. The second-order valence-electron chi connectivity index (χ2n) is 6.33. The van der Waals surface area contributed by atoms with E-state index in [1.165, 1.54) is 0 Å². The van der Waals surface area contributed by atoms with Crippen LogP contribution in [0.1, 0.15) is 36.8 Å². The number of hydrogen-bond donors (Lipinski definition) is 2. The molecule has 0 fully saturated rings. The molecular formula is C19H18N4O3S. The Bertz CT molecular complexity index is 1050. The monoisotopic (exact) mass is 382 g/mol. The number of hydrogen-bond acceptors (Lipinski definition) is 6. The van der Waals surface area contributed by atoms with Gasteiger partial charge in [0.25, 0.3) is 0 Å². The highest BCUT2D eigenvalue weighted by molar-refractivity contribution is 7.00. The number of nitrogens with zero attached hydrogens (tertiary/aromatic N) is 2. The van der Waals surface area contributed by atoms with Crippen LogP contribution in [0, 0.1) is 0 Å². The Balaban J connectivity index is 1.85. The molecule has 7 nitrogen and oxygen atoms in total. The Kier molecular flexibility index (Phi) is 4.49. The average Bonchev–Trinajstić information content (AvgIpc) is 3.15. The van der Waals surface area contributed by atoms with Gasteiger partial charge in [-0.3, -0.25) is 9.59 Å². The zero-order valence-electron chi connectivity index (χ0n) is 14.9. The first-order chi connectivity index (χ1) is 13.1. The molecule has 2 N–H and O–H groups in total. The van der Waals surface area contributed by atoms with E-state index < -0.39 is 0 Å². The number of benzene rings is 2. The number of ether oxygens (including phenoxy) is 1. The number of aromatic nitrogens is 2. The Morgan fingerprint density at radius 1 is 1.33 bits per heavy atom. The Morgan fingerprint density at radius 2 is 2.19 bits per heavy atom. The lowest BCUT2D eigenvalue weighted by Crippen LogP contribution is -2.24. The van der Waals surface area contributed by atoms with Crippen molar-refractivity contribution in [2.24, 2.45) is 0 Å². The average molecular weight is 382 g/mol. The van der Waals surface area contributed by atoms with E-state index in [0.29, 0.717) is 30.0 Å². The molecule has 3 aromatic rings. The molecule has 138 valence electrons. The van der Waals surface area contributed by atoms with Crippen molar-refractivity contribution in [1.29, 1.82) is 0 Å². The van der Waals surface area contributed by atoms with E-state index in [4.69, 9.17) is 4.74 Å². The summed E-state index contributed by atoms with van der Waals surface area (Å²) in [5.74, 6) is 0.197. The molecule has 0 aliphatic carbocycles. The van der Waals surface area contributed by atoms with Gasteiger partial charge in [-0.1, -0.05) is 19.1 Å². The van der Waals surface area contributed by atoms with Crippen molar-refractivity contribution < 1.29 is 14.3 Å². The van der Waals surface area contributed by atoms with Crippen molar-refractivity contribution in [2.45, 2.75) is 25.7 Å². The van der Waals surface area contributed by atoms with Crippen molar-refractivity contribution in [3.05, 3.63) is 41.5 Å². The van der Waals surface area contributed by atoms with Gasteiger partial charge in [-0.25, -0.2) is 0 Å². The number of rotatable bonds is 4. The Labute approximate surface area is 160 Å². The van der Waals surface area contributed by atoms with Crippen molar-refractivity contribution in [2.75, 3.05) is 17.7 Å². The number of amides is 2. The summed E-state index contributed by atoms with van der Waals surface area (Å²) in [5.41, 5.74) is 4.74. The molecular weight excluding hydrogens is 364 g/mol. The highest BCUT2D eigenvalue weighted by atomic mass is 32.1. The molecule has 1 atom stereocenters. The van der Waals surface area contributed by atoms with Gasteiger partial charge in [0.2, 0.25) is 11.8 Å². The molecule has 4 rings (SSSR count). The van der Waals surface area contributed by atoms with Crippen LogP contribution in [0.5, 0.6) is 5.75 Å². The predicted octanol–water partition coefficient (Wildman–Crippen LogP) is 3.52. The minimum atomic E-state index is -0.161. The molecule has 1 aliphatic rings. The van der Waals surface area contributed by atoms with Crippen molar-refractivity contribution in [3.63, 3.8) is 0 Å². The van der Waals surface area contributed by atoms with Gasteiger partial charge in [-0.05, 0) is 29.3 Å². The molecule has 0 bridgehead atoms. The summed E-state index contributed by atoms with van der Waals surface area (Å²) >= 11 is 1.16. The maximum atomic E-state index is 12.4. The van der Waals surface area contributed by atoms with Crippen molar-refractivity contribution in [3.8, 4) is 5.75 Å². The zero-order chi connectivity index (χ0) is 19.0. The first-order valence-electron chi connectivity index (χ1n) is 8.63. The lowest BCUT2D eigenvalue weighted by Gasteiger charge is -2.27. The number of carbonyl (C=O) groups is 2. The lowest BCUT2D eigenvalue weighted by molar-refractivity contribution is -0.117. The first-order valence-corrected chi connectivity index (χ1v) is 9.36. The Hall–Kier alpha value is -3.00. The number of methoxy groups -OCH3 is 1. The second kappa shape index (κ2) is 6.96. The number of carbonyl (C=O) groups excluding carboxylic acids is 2. The second-order valence-corrected chi connectivity index (χ2v) is 6.85. The van der Waals surface area contributed by atoms with Gasteiger partial charge in [0.15, 0.2) is 0 Å². The summed E-state index contributed by atoms with van der Waals surface area (Å²) in [6.07, 6.45) is 0.668. The van der Waals surface area contributed by atoms with Gasteiger partial charge >= 0.3 is 0 Å². The molecule has 0 radical (unpaired) electrons. The van der Waals surface area contributed by atoms with E-state index >= 15 is 0 Å². The molecule has 1 aromatic heterocycles. The first kappa shape index (κ1) is 17.4. The molecule has 0 saturated heterocycles. The lowest BCUT2D eigenvalue weighted by atomic mass is 9.84. The zero-order valence-corrected chi connectivity index (χ0v) is 15.7. The van der Waals surface area contributed by atoms with Crippen LogP contribution in [0.3, 0.4) is 0 Å². The maximum absolute atomic E-state index is 12.4. The minimum absolute atomic E-state index is 0.0781. The Morgan fingerprint density at radius 3 is 2.96 bits per heavy atom. The fourth-order valence-corrected chi connectivity index (χ4v) is 3.94. The predicted molar refractivity (Wildman–Crippen MR) is 104 cm³/mol. The largest absolute Gasteiger partial charge is 0.495 e. The van der Waals surface area contributed by atoms with Crippen LogP contribution in [-0.4, -0.2) is 27.7 Å². The van der Waals surface area contributed by atoms with Crippen LogP contribution in [0.25, 0.3) is 11.0 Å². The van der Waals surface area contributed by atoms with Crippen molar-refractivity contribution in [1.82, 2.24) is 8.75 Å². The van der Waals surface area contributed by atoms with E-state index in [-0.39, 0.29) is 17.7 Å². The van der Waals surface area contributed by atoms with E-state index in [1.54, 1.807) is 20.1 Å². The normalized spacial score (nSPS) is 15.9. The summed E-state index contributed by atoms with van der Waals surface area (Å²) in [7, 11) is 1.56. The number of anilines is 2. The molecule has 2 aromatic carbocycles. The summed E-state index contributed by atoms with van der Waals surface area (Å²) < 4.78 is 14.2. The van der Waals surface area contributed by atoms with Crippen LogP contribution in [0.2, 0.25) is 0 Å². The molecule has 2 amide bonds. The van der Waals surface area contributed by atoms with Crippen LogP contribution >= 0.6 is 11.7 Å². The highest BCUT2D eigenvalue weighted by Crippen LogP contribution is 2.43. The third-order valence-electron chi connectivity index (χ3n) is 4.70. The topological polar surface area (TPSA) is 93.2 Å². The molecule has 8 heteroatoms. The summed E-state index contributed by atoms with van der Waals surface area (Å²) in [4.78, 5) is 24.2. The minimum Gasteiger partial charge on any atom is -0.495 e. The quantitative estimate of drug-likeness (QED) is 0.720. The molecule has 1 aliphatic heterocycles. The SMILES string of the molecule is CCC(=O)Nc1cc2c(cc1OC)[C@@H](c1cccc3nsnc13)CC(=O)N2. The van der Waals surface area contributed by atoms with Gasteiger partial charge in [0, 0.05) is 24.4 Å². The van der Waals surface area contributed by atoms with E-state index in [1.807, 2.05) is 24.3 Å².